The van der Waals surface area contributed by atoms with Gasteiger partial charge in [0.2, 0.25) is 5.91 Å². The summed E-state index contributed by atoms with van der Waals surface area (Å²) in [4.78, 5) is 11.9. The molecule has 1 aromatic carbocycles. The van der Waals surface area contributed by atoms with E-state index in [1.165, 1.54) is 6.07 Å². The molecule has 0 bridgehead atoms. The fourth-order valence-electron chi connectivity index (χ4n) is 1.88. The van der Waals surface area contributed by atoms with Crippen LogP contribution in [0.5, 0.6) is 0 Å². The Morgan fingerprint density at radius 1 is 1.33 bits per heavy atom. The van der Waals surface area contributed by atoms with E-state index in [0.29, 0.717) is 17.2 Å². The van der Waals surface area contributed by atoms with Crippen LogP contribution >= 0.6 is 0 Å². The monoisotopic (exact) mass is 239 g/mol. The molecule has 1 atom stereocenters. The van der Waals surface area contributed by atoms with Crippen LogP contribution in [0, 0.1) is 34.5 Å². The lowest BCUT2D eigenvalue weighted by molar-refractivity contribution is -0.119. The van der Waals surface area contributed by atoms with Gasteiger partial charge in [0.25, 0.3) is 0 Å². The Bertz CT molecular complexity index is 561. The summed E-state index contributed by atoms with van der Waals surface area (Å²) >= 11 is 0. The third kappa shape index (κ3) is 2.49. The van der Waals surface area contributed by atoms with E-state index in [2.05, 4.69) is 5.32 Å². The van der Waals surface area contributed by atoms with E-state index in [1.54, 1.807) is 12.1 Å². The van der Waals surface area contributed by atoms with E-state index in [1.807, 2.05) is 19.1 Å². The smallest absolute Gasteiger partial charge is 0.227 e. The Morgan fingerprint density at radius 2 is 2.00 bits per heavy atom. The van der Waals surface area contributed by atoms with Gasteiger partial charge in [0, 0.05) is 11.6 Å². The number of amides is 1. The van der Waals surface area contributed by atoms with Crippen LogP contribution in [-0.2, 0) is 4.79 Å². The topological polar surface area (TPSA) is 76.7 Å². The van der Waals surface area contributed by atoms with Crippen LogP contribution in [0.4, 0.5) is 5.69 Å². The zero-order chi connectivity index (χ0) is 13.1. The molecule has 1 N–H and O–H groups in total. The molecule has 1 aromatic rings. The first-order chi connectivity index (χ1) is 8.65. The van der Waals surface area contributed by atoms with Crippen molar-refractivity contribution < 1.29 is 4.79 Å². The third-order valence-corrected chi connectivity index (χ3v) is 3.27. The van der Waals surface area contributed by atoms with Crippen molar-refractivity contribution in [1.82, 2.24) is 0 Å². The van der Waals surface area contributed by atoms with Crippen molar-refractivity contribution in [2.24, 2.45) is 11.8 Å². The number of hydrogen-bond donors (Lipinski definition) is 1. The quantitative estimate of drug-likeness (QED) is 0.879. The summed E-state index contributed by atoms with van der Waals surface area (Å²) in [5.74, 6) is 0.482. The van der Waals surface area contributed by atoms with Crippen LogP contribution in [0.15, 0.2) is 18.2 Å². The largest absolute Gasteiger partial charge is 0.326 e. The summed E-state index contributed by atoms with van der Waals surface area (Å²) in [6.45, 7) is 1.92. The molecule has 1 unspecified atom stereocenters. The second-order valence-electron chi connectivity index (χ2n) is 4.60. The lowest BCUT2D eigenvalue weighted by atomic mass is 10.0. The Balaban J connectivity index is 2.12. The SMILES string of the molecule is CC(C(=O)Nc1ccc(C#N)c(C#N)c1)C1CC1. The molecule has 0 aromatic heterocycles. The van der Waals surface area contributed by atoms with Gasteiger partial charge in [0.05, 0.1) is 11.1 Å². The third-order valence-electron chi connectivity index (χ3n) is 3.27. The fraction of sp³-hybridized carbons (Fsp3) is 0.357. The molecule has 4 nitrogen and oxygen atoms in total. The molecule has 1 saturated carbocycles. The molecule has 2 rings (SSSR count). The van der Waals surface area contributed by atoms with Gasteiger partial charge in [-0.1, -0.05) is 6.92 Å². The van der Waals surface area contributed by atoms with Crippen molar-refractivity contribution in [1.29, 1.82) is 10.5 Å². The molecule has 0 spiro atoms. The molecule has 1 fully saturated rings. The van der Waals surface area contributed by atoms with Gasteiger partial charge in [-0.15, -0.1) is 0 Å². The second kappa shape index (κ2) is 4.89. The molecule has 90 valence electrons. The molecule has 1 amide bonds. The fourth-order valence-corrected chi connectivity index (χ4v) is 1.88. The minimum Gasteiger partial charge on any atom is -0.326 e. The summed E-state index contributed by atoms with van der Waals surface area (Å²) in [5.41, 5.74) is 1.18. The predicted molar refractivity (Wildman–Crippen MR) is 66.4 cm³/mol. The van der Waals surface area contributed by atoms with Crippen LogP contribution in [0.3, 0.4) is 0 Å². The molecule has 4 heteroatoms. The number of nitrogens with zero attached hydrogens (tertiary/aromatic N) is 2. The van der Waals surface area contributed by atoms with Crippen LogP contribution < -0.4 is 5.32 Å². The normalized spacial score (nSPS) is 15.3. The first-order valence-electron chi connectivity index (χ1n) is 5.91. The average molecular weight is 239 g/mol. The lowest BCUT2D eigenvalue weighted by Gasteiger charge is -2.11. The van der Waals surface area contributed by atoms with E-state index in [4.69, 9.17) is 10.5 Å². The molecule has 0 radical (unpaired) electrons. The van der Waals surface area contributed by atoms with E-state index < -0.39 is 0 Å². The Morgan fingerprint density at radius 3 is 2.56 bits per heavy atom. The van der Waals surface area contributed by atoms with Crippen molar-refractivity contribution in [3.63, 3.8) is 0 Å². The second-order valence-corrected chi connectivity index (χ2v) is 4.60. The number of nitrogens with one attached hydrogen (secondary N) is 1. The van der Waals surface area contributed by atoms with E-state index in [0.717, 1.165) is 12.8 Å². The number of nitriles is 2. The predicted octanol–water partition coefficient (Wildman–Crippen LogP) is 2.41. The molecular weight excluding hydrogens is 226 g/mol. The summed E-state index contributed by atoms with van der Waals surface area (Å²) in [5, 5.41) is 20.5. The van der Waals surface area contributed by atoms with Crippen LogP contribution in [-0.4, -0.2) is 5.91 Å². The van der Waals surface area contributed by atoms with Crippen LogP contribution in [0.1, 0.15) is 30.9 Å². The Labute approximate surface area is 106 Å². The van der Waals surface area contributed by atoms with E-state index in [9.17, 15) is 4.79 Å². The van der Waals surface area contributed by atoms with E-state index in [-0.39, 0.29) is 17.4 Å². The van der Waals surface area contributed by atoms with Gasteiger partial charge in [0.15, 0.2) is 0 Å². The van der Waals surface area contributed by atoms with Gasteiger partial charge in [-0.2, -0.15) is 10.5 Å². The zero-order valence-corrected chi connectivity index (χ0v) is 10.1. The molecule has 0 heterocycles. The maximum atomic E-state index is 11.9. The number of rotatable bonds is 3. The van der Waals surface area contributed by atoms with Gasteiger partial charge in [-0.3, -0.25) is 4.79 Å². The van der Waals surface area contributed by atoms with Gasteiger partial charge in [0.1, 0.15) is 12.1 Å². The molecular formula is C14H13N3O. The number of anilines is 1. The number of hydrogen-bond acceptors (Lipinski definition) is 3. The highest BCUT2D eigenvalue weighted by Crippen LogP contribution is 2.37. The maximum absolute atomic E-state index is 11.9. The minimum atomic E-state index is -0.0221. The van der Waals surface area contributed by atoms with Crippen molar-refractivity contribution >= 4 is 11.6 Å². The Hall–Kier alpha value is -2.33. The summed E-state index contributed by atoms with van der Waals surface area (Å²) in [6.07, 6.45) is 2.23. The highest BCUT2D eigenvalue weighted by Gasteiger charge is 2.32. The van der Waals surface area contributed by atoms with E-state index >= 15 is 0 Å². The van der Waals surface area contributed by atoms with Gasteiger partial charge < -0.3 is 5.32 Å². The van der Waals surface area contributed by atoms with Crippen molar-refractivity contribution in [2.45, 2.75) is 19.8 Å². The molecule has 1 aliphatic carbocycles. The highest BCUT2D eigenvalue weighted by atomic mass is 16.1. The standard InChI is InChI=1S/C14H13N3O/c1-9(10-2-3-10)14(18)17-13-5-4-11(7-15)12(6-13)8-16/h4-6,9-10H,2-3H2,1H3,(H,17,18). The van der Waals surface area contributed by atoms with Gasteiger partial charge >= 0.3 is 0 Å². The highest BCUT2D eigenvalue weighted by molar-refractivity contribution is 5.93. The first kappa shape index (κ1) is 12.1. The molecule has 0 aliphatic heterocycles. The summed E-state index contributed by atoms with van der Waals surface area (Å²) in [6, 6.07) is 8.63. The zero-order valence-electron chi connectivity index (χ0n) is 10.1. The molecule has 18 heavy (non-hydrogen) atoms. The first-order valence-corrected chi connectivity index (χ1v) is 5.91. The minimum absolute atomic E-state index is 0.00572. The maximum Gasteiger partial charge on any atom is 0.227 e. The summed E-state index contributed by atoms with van der Waals surface area (Å²) < 4.78 is 0. The number of carbonyl (C=O) groups excluding carboxylic acids is 1. The summed E-state index contributed by atoms with van der Waals surface area (Å²) in [7, 11) is 0. The van der Waals surface area contributed by atoms with Gasteiger partial charge in [-0.05, 0) is 37.0 Å². The number of benzene rings is 1. The van der Waals surface area contributed by atoms with Gasteiger partial charge in [-0.25, -0.2) is 0 Å². The van der Waals surface area contributed by atoms with Crippen molar-refractivity contribution in [2.75, 3.05) is 5.32 Å². The van der Waals surface area contributed by atoms with Crippen LogP contribution in [0.2, 0.25) is 0 Å². The number of carbonyl (C=O) groups is 1. The van der Waals surface area contributed by atoms with Crippen molar-refractivity contribution in [3.8, 4) is 12.1 Å². The lowest BCUT2D eigenvalue weighted by Crippen LogP contribution is -2.21. The molecule has 1 aliphatic rings. The van der Waals surface area contributed by atoms with Crippen molar-refractivity contribution in [3.05, 3.63) is 29.3 Å². The average Bonchev–Trinajstić information content (AvgIpc) is 3.21. The molecule has 0 saturated heterocycles. The van der Waals surface area contributed by atoms with Crippen LogP contribution in [0.25, 0.3) is 0 Å². The Kier molecular flexibility index (Phi) is 3.30.